The predicted octanol–water partition coefficient (Wildman–Crippen LogP) is 7.35. The first kappa shape index (κ1) is 28.9. The zero-order valence-corrected chi connectivity index (χ0v) is 22.8. The van der Waals surface area contributed by atoms with Crippen LogP contribution in [-0.4, -0.2) is 43.3 Å². The number of benzene rings is 2. The lowest BCUT2D eigenvalue weighted by molar-refractivity contribution is -0.917. The van der Waals surface area contributed by atoms with Crippen LogP contribution in [0.4, 0.5) is 0 Å². The van der Waals surface area contributed by atoms with Gasteiger partial charge in [-0.2, -0.15) is 0 Å². The van der Waals surface area contributed by atoms with Gasteiger partial charge in [-0.05, 0) is 38.3 Å². The molecule has 0 aliphatic heterocycles. The lowest BCUT2D eigenvalue weighted by Crippen LogP contribution is -2.51. The molecular weight excluding hydrogens is 434 g/mol. The standard InChI is InChI=1S/C31H48NO3/c1-6-7-8-9-10-11-12-16-21-29-22-17-18-23-30(29)35-26(2)25-34-31(33)27(3)32(4,5)24-28-19-14-13-15-20-28/h13-15,17-20,22-23,26-27H,6-12,16,21,24-25H2,1-5H3/q+1. The molecule has 0 heterocycles. The van der Waals surface area contributed by atoms with E-state index in [-0.39, 0.29) is 24.7 Å². The monoisotopic (exact) mass is 482 g/mol. The van der Waals surface area contributed by atoms with E-state index in [9.17, 15) is 4.79 Å². The van der Waals surface area contributed by atoms with Gasteiger partial charge < -0.3 is 14.0 Å². The number of carbonyl (C=O) groups excluding carboxylic acids is 1. The number of likely N-dealkylation sites (N-methyl/N-ethyl adjacent to an activating group) is 1. The Morgan fingerprint density at radius 2 is 1.43 bits per heavy atom. The van der Waals surface area contributed by atoms with Crippen LogP contribution in [0.25, 0.3) is 0 Å². The Balaban J connectivity index is 1.76. The van der Waals surface area contributed by atoms with Gasteiger partial charge in [0.2, 0.25) is 0 Å². The van der Waals surface area contributed by atoms with Crippen LogP contribution >= 0.6 is 0 Å². The molecule has 4 nitrogen and oxygen atoms in total. The van der Waals surface area contributed by atoms with E-state index >= 15 is 0 Å². The summed E-state index contributed by atoms with van der Waals surface area (Å²) >= 11 is 0. The zero-order valence-electron chi connectivity index (χ0n) is 22.8. The van der Waals surface area contributed by atoms with Crippen molar-refractivity contribution < 1.29 is 18.8 Å². The molecule has 0 amide bonds. The molecule has 194 valence electrons. The minimum absolute atomic E-state index is 0.186. The number of unbranched alkanes of at least 4 members (excludes halogenated alkanes) is 7. The second-order valence-corrected chi connectivity index (χ2v) is 10.5. The molecule has 2 unspecified atom stereocenters. The Bertz CT molecular complexity index is 849. The fourth-order valence-electron chi connectivity index (χ4n) is 4.32. The number of rotatable bonds is 17. The Morgan fingerprint density at radius 1 is 0.829 bits per heavy atom. The van der Waals surface area contributed by atoms with Gasteiger partial charge in [0.1, 0.15) is 25.0 Å². The topological polar surface area (TPSA) is 35.5 Å². The van der Waals surface area contributed by atoms with Gasteiger partial charge in [-0.3, -0.25) is 0 Å². The second kappa shape index (κ2) is 15.6. The Labute approximate surface area is 214 Å². The third-order valence-electron chi connectivity index (χ3n) is 6.88. The highest BCUT2D eigenvalue weighted by atomic mass is 16.6. The number of hydrogen-bond acceptors (Lipinski definition) is 3. The minimum atomic E-state index is -0.267. The number of para-hydroxylation sites is 1. The van der Waals surface area contributed by atoms with Crippen LogP contribution in [0.3, 0.4) is 0 Å². The van der Waals surface area contributed by atoms with E-state index in [4.69, 9.17) is 9.47 Å². The van der Waals surface area contributed by atoms with E-state index in [0.717, 1.165) is 18.7 Å². The smallest absolute Gasteiger partial charge is 0.364 e. The third kappa shape index (κ3) is 10.9. The first-order chi connectivity index (χ1) is 16.8. The van der Waals surface area contributed by atoms with E-state index in [1.54, 1.807) is 0 Å². The molecular formula is C31H48NO3+. The molecule has 0 bridgehead atoms. The van der Waals surface area contributed by atoms with Gasteiger partial charge in [-0.1, -0.05) is 100 Å². The molecule has 0 fully saturated rings. The van der Waals surface area contributed by atoms with E-state index in [2.05, 4.69) is 45.3 Å². The SMILES string of the molecule is CCCCCCCCCCc1ccccc1OC(C)COC(=O)C(C)[N+](C)(C)Cc1ccccc1. The fraction of sp³-hybridized carbons (Fsp3) is 0.581. The summed E-state index contributed by atoms with van der Waals surface area (Å²) in [6.07, 6.45) is 11.3. The maximum Gasteiger partial charge on any atom is 0.364 e. The maximum absolute atomic E-state index is 12.8. The lowest BCUT2D eigenvalue weighted by atomic mass is 10.0. The van der Waals surface area contributed by atoms with Crippen LogP contribution in [0.1, 0.15) is 83.3 Å². The molecule has 0 N–H and O–H groups in total. The van der Waals surface area contributed by atoms with Crippen molar-refractivity contribution in [2.75, 3.05) is 20.7 Å². The average molecular weight is 483 g/mol. The average Bonchev–Trinajstić information content (AvgIpc) is 2.85. The van der Waals surface area contributed by atoms with Crippen LogP contribution in [0.15, 0.2) is 54.6 Å². The Hall–Kier alpha value is -2.33. The van der Waals surface area contributed by atoms with Gasteiger partial charge in [0.25, 0.3) is 0 Å². The van der Waals surface area contributed by atoms with Crippen LogP contribution in [0.5, 0.6) is 5.75 Å². The molecule has 0 aromatic heterocycles. The minimum Gasteiger partial charge on any atom is -0.487 e. The van der Waals surface area contributed by atoms with Crippen molar-refractivity contribution >= 4 is 5.97 Å². The Morgan fingerprint density at radius 3 is 2.11 bits per heavy atom. The second-order valence-electron chi connectivity index (χ2n) is 10.5. The van der Waals surface area contributed by atoms with Crippen molar-refractivity contribution in [2.24, 2.45) is 0 Å². The molecule has 4 heteroatoms. The molecule has 0 aliphatic carbocycles. The zero-order chi connectivity index (χ0) is 25.5. The third-order valence-corrected chi connectivity index (χ3v) is 6.88. The van der Waals surface area contributed by atoms with Gasteiger partial charge in [-0.15, -0.1) is 0 Å². The van der Waals surface area contributed by atoms with Gasteiger partial charge in [0, 0.05) is 5.56 Å². The molecule has 0 spiro atoms. The lowest BCUT2D eigenvalue weighted by Gasteiger charge is -2.34. The summed E-state index contributed by atoms with van der Waals surface area (Å²) in [6, 6.07) is 18.3. The molecule has 0 saturated heterocycles. The molecule has 2 rings (SSSR count). The summed E-state index contributed by atoms with van der Waals surface area (Å²) in [5, 5.41) is 0. The number of carbonyl (C=O) groups is 1. The molecule has 0 aliphatic rings. The van der Waals surface area contributed by atoms with Crippen molar-refractivity contribution in [3.05, 3.63) is 65.7 Å². The predicted molar refractivity (Wildman–Crippen MR) is 146 cm³/mol. The van der Waals surface area contributed by atoms with Crippen molar-refractivity contribution in [3.63, 3.8) is 0 Å². The molecule has 35 heavy (non-hydrogen) atoms. The summed E-state index contributed by atoms with van der Waals surface area (Å²) in [6.45, 7) is 7.19. The summed E-state index contributed by atoms with van der Waals surface area (Å²) in [5.41, 5.74) is 2.45. The van der Waals surface area contributed by atoms with E-state index in [1.165, 1.54) is 62.5 Å². The van der Waals surface area contributed by atoms with Crippen molar-refractivity contribution in [1.29, 1.82) is 0 Å². The highest BCUT2D eigenvalue weighted by molar-refractivity contribution is 5.74. The van der Waals surface area contributed by atoms with Crippen LogP contribution in [0.2, 0.25) is 0 Å². The van der Waals surface area contributed by atoms with Gasteiger partial charge in [0.05, 0.1) is 14.1 Å². The molecule has 2 aromatic carbocycles. The van der Waals surface area contributed by atoms with E-state index in [1.807, 2.05) is 44.2 Å². The first-order valence-corrected chi connectivity index (χ1v) is 13.6. The van der Waals surface area contributed by atoms with Crippen LogP contribution < -0.4 is 4.74 Å². The van der Waals surface area contributed by atoms with Gasteiger partial charge >= 0.3 is 5.97 Å². The summed E-state index contributed by atoms with van der Waals surface area (Å²) < 4.78 is 12.4. The van der Waals surface area contributed by atoms with Crippen molar-refractivity contribution in [1.82, 2.24) is 0 Å². The van der Waals surface area contributed by atoms with E-state index in [0.29, 0.717) is 4.48 Å². The Kier molecular flexibility index (Phi) is 12.9. The van der Waals surface area contributed by atoms with Gasteiger partial charge in [0.15, 0.2) is 6.04 Å². The summed E-state index contributed by atoms with van der Waals surface area (Å²) in [4.78, 5) is 12.8. The summed E-state index contributed by atoms with van der Waals surface area (Å²) in [5.74, 6) is 0.723. The maximum atomic E-state index is 12.8. The number of quaternary nitrogens is 1. The van der Waals surface area contributed by atoms with Crippen molar-refractivity contribution in [3.8, 4) is 5.75 Å². The first-order valence-electron chi connectivity index (χ1n) is 13.6. The van der Waals surface area contributed by atoms with Crippen LogP contribution in [0, 0.1) is 0 Å². The number of ether oxygens (including phenoxy) is 2. The highest BCUT2D eigenvalue weighted by Crippen LogP contribution is 2.22. The normalized spacial score (nSPS) is 13.3. The fourth-order valence-corrected chi connectivity index (χ4v) is 4.32. The van der Waals surface area contributed by atoms with Crippen molar-refractivity contribution in [2.45, 2.75) is 97.2 Å². The number of esters is 1. The van der Waals surface area contributed by atoms with Gasteiger partial charge in [-0.25, -0.2) is 4.79 Å². The quantitative estimate of drug-likeness (QED) is 0.134. The number of hydrogen-bond donors (Lipinski definition) is 0. The molecule has 2 aromatic rings. The molecule has 2 atom stereocenters. The molecule has 0 saturated carbocycles. The largest absolute Gasteiger partial charge is 0.487 e. The number of aryl methyl sites for hydroxylation is 1. The van der Waals surface area contributed by atoms with Crippen LogP contribution in [-0.2, 0) is 22.5 Å². The van der Waals surface area contributed by atoms with E-state index < -0.39 is 0 Å². The molecule has 0 radical (unpaired) electrons. The highest BCUT2D eigenvalue weighted by Gasteiger charge is 2.32. The summed E-state index contributed by atoms with van der Waals surface area (Å²) in [7, 11) is 4.14. The number of nitrogens with zero attached hydrogens (tertiary/aromatic N) is 1.